The van der Waals surface area contributed by atoms with Crippen molar-refractivity contribution in [1.29, 1.82) is 0 Å². The number of carbonyl (C=O) groups excluding carboxylic acids is 1. The van der Waals surface area contributed by atoms with Gasteiger partial charge in [0, 0.05) is 16.4 Å². The monoisotopic (exact) mass is 404 g/mol. The fourth-order valence-corrected chi connectivity index (χ4v) is 2.79. The number of methoxy groups -OCH3 is 1. The summed E-state index contributed by atoms with van der Waals surface area (Å²) in [5.74, 6) is -0.924. The topological polar surface area (TPSA) is 69.5 Å². The summed E-state index contributed by atoms with van der Waals surface area (Å²) >= 11 is 0. The highest BCUT2D eigenvalue weighted by molar-refractivity contribution is 7.27. The normalized spacial score (nSPS) is 11.9. The molecule has 2 aromatic carbocycles. The Balaban J connectivity index is 2.27. The van der Waals surface area contributed by atoms with Crippen LogP contribution in [0.15, 0.2) is 46.7 Å². The molecule has 0 aliphatic heterocycles. The van der Waals surface area contributed by atoms with Gasteiger partial charge < -0.3 is 14.4 Å². The van der Waals surface area contributed by atoms with E-state index >= 15 is 0 Å². The molecular formula is C20H22FN2O4P. The van der Waals surface area contributed by atoms with Gasteiger partial charge in [-0.3, -0.25) is 0 Å². The number of oxime groups is 2. The summed E-state index contributed by atoms with van der Waals surface area (Å²) in [6.45, 7) is 3.76. The summed E-state index contributed by atoms with van der Waals surface area (Å²) in [4.78, 5) is 22.4. The summed E-state index contributed by atoms with van der Waals surface area (Å²) in [5, 5.41) is 8.35. The SMILES string of the molecule is CO/N=C(/C(=O)OC)c1cccc(C)c1CO/N=C(\C)c1ccc(F)c(P)c1. The Morgan fingerprint density at radius 1 is 1.18 bits per heavy atom. The fourth-order valence-electron chi connectivity index (χ4n) is 2.52. The lowest BCUT2D eigenvalue weighted by atomic mass is 9.99. The van der Waals surface area contributed by atoms with Crippen LogP contribution in [0.3, 0.4) is 0 Å². The van der Waals surface area contributed by atoms with Crippen LogP contribution in [-0.2, 0) is 25.8 Å². The van der Waals surface area contributed by atoms with E-state index in [4.69, 9.17) is 14.4 Å². The molecule has 1 atom stereocenters. The molecule has 148 valence electrons. The molecule has 0 amide bonds. The van der Waals surface area contributed by atoms with E-state index in [1.165, 1.54) is 20.3 Å². The molecule has 1 unspecified atom stereocenters. The second-order valence-corrected chi connectivity index (χ2v) is 6.52. The minimum Gasteiger partial charge on any atom is -0.464 e. The third-order valence-electron chi connectivity index (χ3n) is 4.05. The maximum absolute atomic E-state index is 13.4. The number of halogens is 1. The number of ether oxygens (including phenoxy) is 1. The number of carbonyl (C=O) groups is 1. The first kappa shape index (κ1) is 21.5. The van der Waals surface area contributed by atoms with Gasteiger partial charge in [-0.05, 0) is 37.1 Å². The highest BCUT2D eigenvalue weighted by Crippen LogP contribution is 2.18. The van der Waals surface area contributed by atoms with Gasteiger partial charge >= 0.3 is 5.97 Å². The highest BCUT2D eigenvalue weighted by atomic mass is 31.0. The predicted molar refractivity (Wildman–Crippen MR) is 109 cm³/mol. The molecule has 0 aliphatic rings. The first-order chi connectivity index (χ1) is 13.4. The van der Waals surface area contributed by atoms with Crippen molar-refractivity contribution < 1.29 is 23.6 Å². The number of nitrogens with zero attached hydrogens (tertiary/aromatic N) is 2. The van der Waals surface area contributed by atoms with Crippen LogP contribution in [0.25, 0.3) is 0 Å². The van der Waals surface area contributed by atoms with Crippen molar-refractivity contribution in [3.8, 4) is 0 Å². The van der Waals surface area contributed by atoms with Crippen LogP contribution in [0.4, 0.5) is 4.39 Å². The molecule has 0 N–H and O–H groups in total. The summed E-state index contributed by atoms with van der Waals surface area (Å²) in [6.07, 6.45) is 0. The van der Waals surface area contributed by atoms with Crippen LogP contribution in [0, 0.1) is 12.7 Å². The van der Waals surface area contributed by atoms with Crippen molar-refractivity contribution in [2.45, 2.75) is 20.5 Å². The van der Waals surface area contributed by atoms with Gasteiger partial charge in [-0.25, -0.2) is 9.18 Å². The molecule has 0 saturated heterocycles. The van der Waals surface area contributed by atoms with E-state index in [2.05, 4.69) is 19.6 Å². The van der Waals surface area contributed by atoms with E-state index in [1.807, 2.05) is 13.0 Å². The van der Waals surface area contributed by atoms with Gasteiger partial charge in [-0.1, -0.05) is 34.6 Å². The Morgan fingerprint density at radius 3 is 2.57 bits per heavy atom. The third kappa shape index (κ3) is 5.14. The van der Waals surface area contributed by atoms with Crippen LogP contribution >= 0.6 is 9.24 Å². The molecule has 0 saturated carbocycles. The van der Waals surface area contributed by atoms with Gasteiger partial charge in [0.1, 0.15) is 19.5 Å². The van der Waals surface area contributed by atoms with Crippen molar-refractivity contribution in [1.82, 2.24) is 0 Å². The highest BCUT2D eigenvalue weighted by Gasteiger charge is 2.20. The van der Waals surface area contributed by atoms with Crippen molar-refractivity contribution in [3.05, 3.63) is 64.5 Å². The van der Waals surface area contributed by atoms with E-state index < -0.39 is 5.97 Å². The lowest BCUT2D eigenvalue weighted by Gasteiger charge is -2.12. The van der Waals surface area contributed by atoms with Crippen LogP contribution in [0.1, 0.15) is 29.2 Å². The average molecular weight is 404 g/mol. The van der Waals surface area contributed by atoms with Gasteiger partial charge in [-0.2, -0.15) is 0 Å². The zero-order valence-electron chi connectivity index (χ0n) is 16.2. The summed E-state index contributed by atoms with van der Waals surface area (Å²) in [5.41, 5.74) is 3.54. The predicted octanol–water partition coefficient (Wildman–Crippen LogP) is 3.10. The number of benzene rings is 2. The molecule has 0 aromatic heterocycles. The number of rotatable bonds is 7. The van der Waals surface area contributed by atoms with Crippen molar-refractivity contribution >= 4 is 31.9 Å². The Hall–Kier alpha value is -2.79. The van der Waals surface area contributed by atoms with E-state index in [9.17, 15) is 9.18 Å². The maximum Gasteiger partial charge on any atom is 0.360 e. The van der Waals surface area contributed by atoms with Crippen molar-refractivity contribution in [3.63, 3.8) is 0 Å². The van der Waals surface area contributed by atoms with E-state index in [0.29, 0.717) is 16.6 Å². The molecule has 2 aromatic rings. The maximum atomic E-state index is 13.4. The minimum atomic E-state index is -0.618. The van der Waals surface area contributed by atoms with Crippen LogP contribution in [0.5, 0.6) is 0 Å². The van der Waals surface area contributed by atoms with Gasteiger partial charge in [0.15, 0.2) is 5.71 Å². The smallest absolute Gasteiger partial charge is 0.360 e. The average Bonchev–Trinajstić information content (AvgIpc) is 2.68. The Morgan fingerprint density at radius 2 is 1.93 bits per heavy atom. The Labute approximate surface area is 165 Å². The van der Waals surface area contributed by atoms with Crippen molar-refractivity contribution in [2.75, 3.05) is 14.2 Å². The molecule has 0 spiro atoms. The molecule has 0 heterocycles. The minimum absolute atomic E-state index is 0.0409. The fraction of sp³-hybridized carbons (Fsp3) is 0.250. The zero-order chi connectivity index (χ0) is 20.7. The summed E-state index contributed by atoms with van der Waals surface area (Å²) in [6, 6.07) is 10.1. The van der Waals surface area contributed by atoms with Gasteiger partial charge in [0.05, 0.1) is 12.8 Å². The number of hydrogen-bond donors (Lipinski definition) is 0. The first-order valence-electron chi connectivity index (χ1n) is 8.39. The molecule has 8 heteroatoms. The lowest BCUT2D eigenvalue weighted by Crippen LogP contribution is -2.20. The number of esters is 1. The first-order valence-corrected chi connectivity index (χ1v) is 8.97. The van der Waals surface area contributed by atoms with Gasteiger partial charge in [0.2, 0.25) is 0 Å². The van der Waals surface area contributed by atoms with E-state index in [-0.39, 0.29) is 18.1 Å². The Bertz CT molecular complexity index is 928. The number of hydrogen-bond acceptors (Lipinski definition) is 6. The zero-order valence-corrected chi connectivity index (χ0v) is 17.3. The Kier molecular flexibility index (Phi) is 7.64. The molecule has 0 bridgehead atoms. The molecular weight excluding hydrogens is 382 g/mol. The van der Waals surface area contributed by atoms with Gasteiger partial charge in [-0.15, -0.1) is 9.24 Å². The van der Waals surface area contributed by atoms with Crippen molar-refractivity contribution in [2.24, 2.45) is 10.3 Å². The molecule has 6 nitrogen and oxygen atoms in total. The van der Waals surface area contributed by atoms with Gasteiger partial charge in [0.25, 0.3) is 0 Å². The number of aryl methyl sites for hydroxylation is 1. The molecule has 0 aliphatic carbocycles. The van der Waals surface area contributed by atoms with Crippen LogP contribution < -0.4 is 5.30 Å². The third-order valence-corrected chi connectivity index (χ3v) is 4.49. The molecule has 0 fully saturated rings. The second-order valence-electron chi connectivity index (χ2n) is 5.90. The van der Waals surface area contributed by atoms with E-state index in [1.54, 1.807) is 31.2 Å². The van der Waals surface area contributed by atoms with Crippen LogP contribution in [0.2, 0.25) is 0 Å². The standard InChI is InChI=1S/C20H22FN2O4P/c1-12-6-5-7-15(19(23-26-4)20(24)25-3)16(12)11-27-22-13(2)14-8-9-17(21)18(28)10-14/h5-10H,11,28H2,1-4H3/b22-13+,23-19+. The van der Waals surface area contributed by atoms with Crippen LogP contribution in [-0.4, -0.2) is 31.6 Å². The largest absolute Gasteiger partial charge is 0.464 e. The summed E-state index contributed by atoms with van der Waals surface area (Å²) in [7, 11) is 4.97. The molecule has 28 heavy (non-hydrogen) atoms. The lowest BCUT2D eigenvalue weighted by molar-refractivity contribution is -0.132. The second kappa shape index (κ2) is 9.95. The van der Waals surface area contributed by atoms with E-state index in [0.717, 1.165) is 16.7 Å². The molecule has 2 rings (SSSR count). The molecule has 0 radical (unpaired) electrons. The summed E-state index contributed by atoms with van der Waals surface area (Å²) < 4.78 is 18.2. The quantitative estimate of drug-likeness (QED) is 0.308.